The van der Waals surface area contributed by atoms with E-state index in [1.807, 2.05) is 0 Å². The lowest BCUT2D eigenvalue weighted by atomic mass is 9.93. The summed E-state index contributed by atoms with van der Waals surface area (Å²) in [6.45, 7) is 10.4. The fourth-order valence-electron chi connectivity index (χ4n) is 2.35. The number of allylic oxidation sites excluding steroid dienone is 1. The maximum Gasteiger partial charge on any atom is 0.0642 e. The molecule has 0 amide bonds. The van der Waals surface area contributed by atoms with Crippen molar-refractivity contribution in [2.45, 2.75) is 26.7 Å². The van der Waals surface area contributed by atoms with E-state index in [0.29, 0.717) is 5.92 Å². The quantitative estimate of drug-likeness (QED) is 0.810. The third-order valence-corrected chi connectivity index (χ3v) is 3.77. The summed E-state index contributed by atoms with van der Waals surface area (Å²) in [6.07, 6.45) is 4.53. The van der Waals surface area contributed by atoms with Crippen LogP contribution in [0.3, 0.4) is 0 Å². The summed E-state index contributed by atoms with van der Waals surface area (Å²) in [7, 11) is 0. The molecule has 18 heavy (non-hydrogen) atoms. The Kier molecular flexibility index (Phi) is 4.43. The maximum atomic E-state index is 5.35. The first-order valence-electron chi connectivity index (χ1n) is 6.74. The van der Waals surface area contributed by atoms with Crippen LogP contribution in [0, 0.1) is 13.8 Å². The fourth-order valence-corrected chi connectivity index (χ4v) is 2.35. The molecule has 0 saturated carbocycles. The number of nitrogens with zero attached hydrogens (tertiary/aromatic N) is 1. The van der Waals surface area contributed by atoms with Crippen molar-refractivity contribution in [2.24, 2.45) is 0 Å². The van der Waals surface area contributed by atoms with Crippen LogP contribution >= 0.6 is 0 Å². The van der Waals surface area contributed by atoms with Crippen LogP contribution in [0.4, 0.5) is 0 Å². The first-order chi connectivity index (χ1) is 8.68. The third kappa shape index (κ3) is 3.14. The molecule has 1 atom stereocenters. The molecule has 1 unspecified atom stereocenters. The molecule has 0 N–H and O–H groups in total. The minimum absolute atomic E-state index is 0.466. The molecule has 2 heteroatoms. The molecule has 1 aliphatic heterocycles. The highest BCUT2D eigenvalue weighted by molar-refractivity contribution is 5.37. The smallest absolute Gasteiger partial charge is 0.0642 e. The lowest BCUT2D eigenvalue weighted by Crippen LogP contribution is -2.32. The molecule has 1 saturated heterocycles. The fraction of sp³-hybridized carbons (Fsp3) is 0.500. The molecule has 1 aliphatic rings. The molecular weight excluding hydrogens is 222 g/mol. The summed E-state index contributed by atoms with van der Waals surface area (Å²) in [4.78, 5) is 2.34. The molecule has 0 radical (unpaired) electrons. The van der Waals surface area contributed by atoms with Gasteiger partial charge in [-0.3, -0.25) is 0 Å². The Hall–Kier alpha value is -1.28. The highest BCUT2D eigenvalue weighted by Crippen LogP contribution is 2.23. The summed E-state index contributed by atoms with van der Waals surface area (Å²) < 4.78 is 5.35. The molecule has 2 nitrogen and oxygen atoms in total. The van der Waals surface area contributed by atoms with Crippen molar-refractivity contribution < 1.29 is 4.74 Å². The van der Waals surface area contributed by atoms with E-state index in [1.165, 1.54) is 16.7 Å². The summed E-state index contributed by atoms with van der Waals surface area (Å²) in [5, 5.41) is 0. The van der Waals surface area contributed by atoms with Crippen LogP contribution in [0.25, 0.3) is 0 Å². The average molecular weight is 245 g/mol. The molecule has 1 aromatic carbocycles. The summed E-state index contributed by atoms with van der Waals surface area (Å²) >= 11 is 0. The zero-order chi connectivity index (χ0) is 13.0. The highest BCUT2D eigenvalue weighted by Gasteiger charge is 2.09. The first kappa shape index (κ1) is 13.2. The van der Waals surface area contributed by atoms with Crippen molar-refractivity contribution in [3.8, 4) is 0 Å². The van der Waals surface area contributed by atoms with E-state index in [0.717, 1.165) is 26.3 Å². The van der Waals surface area contributed by atoms with Crippen LogP contribution in [0.1, 0.15) is 29.5 Å². The SMILES string of the molecule is Cc1cccc(C(C)C=CN2CCOCC2)c1C. The summed E-state index contributed by atoms with van der Waals surface area (Å²) in [5.74, 6) is 0.466. The lowest BCUT2D eigenvalue weighted by Gasteiger charge is -2.25. The Labute approximate surface area is 110 Å². The predicted molar refractivity (Wildman–Crippen MR) is 75.9 cm³/mol. The van der Waals surface area contributed by atoms with Crippen molar-refractivity contribution in [3.05, 3.63) is 47.2 Å². The molecule has 98 valence electrons. The third-order valence-electron chi connectivity index (χ3n) is 3.77. The molecule has 0 spiro atoms. The molecular formula is C16H23NO. The number of ether oxygens (including phenoxy) is 1. The Morgan fingerprint density at radius 2 is 1.94 bits per heavy atom. The van der Waals surface area contributed by atoms with E-state index in [-0.39, 0.29) is 0 Å². The zero-order valence-electron chi connectivity index (χ0n) is 11.6. The van der Waals surface area contributed by atoms with E-state index in [4.69, 9.17) is 4.74 Å². The minimum Gasteiger partial charge on any atom is -0.378 e. The highest BCUT2D eigenvalue weighted by atomic mass is 16.5. The minimum atomic E-state index is 0.466. The van der Waals surface area contributed by atoms with Crippen LogP contribution in [-0.2, 0) is 4.74 Å². The Bertz CT molecular complexity index is 419. The van der Waals surface area contributed by atoms with E-state index in [9.17, 15) is 0 Å². The Balaban J connectivity index is 2.04. The van der Waals surface area contributed by atoms with E-state index < -0.39 is 0 Å². The van der Waals surface area contributed by atoms with Crippen LogP contribution < -0.4 is 0 Å². The molecule has 1 fully saturated rings. The molecule has 1 heterocycles. The maximum absolute atomic E-state index is 5.35. The molecule has 2 rings (SSSR count). The van der Waals surface area contributed by atoms with Gasteiger partial charge in [-0.15, -0.1) is 0 Å². The predicted octanol–water partition coefficient (Wildman–Crippen LogP) is 3.25. The van der Waals surface area contributed by atoms with Crippen LogP contribution in [0.2, 0.25) is 0 Å². The van der Waals surface area contributed by atoms with E-state index in [1.54, 1.807) is 0 Å². The largest absolute Gasteiger partial charge is 0.378 e. The van der Waals surface area contributed by atoms with Gasteiger partial charge in [0.05, 0.1) is 13.2 Å². The number of hydrogen-bond acceptors (Lipinski definition) is 2. The number of benzene rings is 1. The Morgan fingerprint density at radius 3 is 2.67 bits per heavy atom. The van der Waals surface area contributed by atoms with Gasteiger partial charge in [-0.05, 0) is 36.7 Å². The summed E-state index contributed by atoms with van der Waals surface area (Å²) in [5.41, 5.74) is 4.22. The van der Waals surface area contributed by atoms with Gasteiger partial charge in [-0.2, -0.15) is 0 Å². The van der Waals surface area contributed by atoms with Crippen molar-refractivity contribution in [3.63, 3.8) is 0 Å². The van der Waals surface area contributed by atoms with Crippen molar-refractivity contribution in [1.29, 1.82) is 0 Å². The monoisotopic (exact) mass is 245 g/mol. The van der Waals surface area contributed by atoms with Gasteiger partial charge in [0.15, 0.2) is 0 Å². The number of aryl methyl sites for hydroxylation is 1. The van der Waals surface area contributed by atoms with E-state index >= 15 is 0 Å². The van der Waals surface area contributed by atoms with Gasteiger partial charge in [0.25, 0.3) is 0 Å². The molecule has 0 aliphatic carbocycles. The first-order valence-corrected chi connectivity index (χ1v) is 6.74. The second-order valence-corrected chi connectivity index (χ2v) is 5.07. The van der Waals surface area contributed by atoms with Gasteiger partial charge in [0, 0.05) is 19.0 Å². The second-order valence-electron chi connectivity index (χ2n) is 5.07. The topological polar surface area (TPSA) is 12.5 Å². The van der Waals surface area contributed by atoms with E-state index in [2.05, 4.69) is 56.1 Å². The van der Waals surface area contributed by atoms with Crippen molar-refractivity contribution in [1.82, 2.24) is 4.90 Å². The van der Waals surface area contributed by atoms with Crippen LogP contribution in [-0.4, -0.2) is 31.2 Å². The standard InChI is InChI=1S/C16H23NO/c1-13-5-4-6-16(15(13)3)14(2)7-8-17-9-11-18-12-10-17/h4-8,14H,9-12H2,1-3H3. The van der Waals surface area contributed by atoms with Gasteiger partial charge in [-0.1, -0.05) is 31.2 Å². The van der Waals surface area contributed by atoms with Gasteiger partial charge in [0.1, 0.15) is 0 Å². The molecule has 0 aromatic heterocycles. The zero-order valence-corrected chi connectivity index (χ0v) is 11.6. The number of hydrogen-bond donors (Lipinski definition) is 0. The van der Waals surface area contributed by atoms with Gasteiger partial charge in [0.2, 0.25) is 0 Å². The molecule has 1 aromatic rings. The van der Waals surface area contributed by atoms with Gasteiger partial charge >= 0.3 is 0 Å². The molecule has 0 bridgehead atoms. The van der Waals surface area contributed by atoms with Crippen molar-refractivity contribution in [2.75, 3.05) is 26.3 Å². The summed E-state index contributed by atoms with van der Waals surface area (Å²) in [6, 6.07) is 6.56. The van der Waals surface area contributed by atoms with Gasteiger partial charge < -0.3 is 9.64 Å². The second kappa shape index (κ2) is 6.05. The van der Waals surface area contributed by atoms with Crippen LogP contribution in [0.15, 0.2) is 30.5 Å². The van der Waals surface area contributed by atoms with Gasteiger partial charge in [-0.25, -0.2) is 0 Å². The number of morpholine rings is 1. The number of rotatable bonds is 3. The van der Waals surface area contributed by atoms with Crippen molar-refractivity contribution >= 4 is 0 Å². The Morgan fingerprint density at radius 1 is 1.22 bits per heavy atom. The normalized spacial score (nSPS) is 18.3. The average Bonchev–Trinajstić information content (AvgIpc) is 2.40. The van der Waals surface area contributed by atoms with Crippen LogP contribution in [0.5, 0.6) is 0 Å². The lowest BCUT2D eigenvalue weighted by molar-refractivity contribution is 0.0592.